The van der Waals surface area contributed by atoms with E-state index in [4.69, 9.17) is 0 Å². The average Bonchev–Trinajstić information content (AvgIpc) is 3.13. The summed E-state index contributed by atoms with van der Waals surface area (Å²) in [6.45, 7) is 2.68. The SMILES string of the molecule is Cc1ccc(S(=O)(=O)N2CCCC2)cc1C(=O)Nc1ccc(Br)cc1F. The summed E-state index contributed by atoms with van der Waals surface area (Å²) >= 11 is 3.16. The minimum atomic E-state index is -3.63. The molecule has 0 spiro atoms. The minimum Gasteiger partial charge on any atom is -0.319 e. The lowest BCUT2D eigenvalue weighted by Gasteiger charge is -2.17. The van der Waals surface area contributed by atoms with Gasteiger partial charge in [0.1, 0.15) is 5.82 Å². The van der Waals surface area contributed by atoms with E-state index in [1.165, 1.54) is 28.6 Å². The first-order chi connectivity index (χ1) is 12.3. The Bertz CT molecular complexity index is 957. The summed E-state index contributed by atoms with van der Waals surface area (Å²) in [5.74, 6) is -1.13. The maximum Gasteiger partial charge on any atom is 0.256 e. The summed E-state index contributed by atoms with van der Waals surface area (Å²) in [5.41, 5.74) is 0.846. The molecule has 0 unspecified atom stereocenters. The Morgan fingerprint density at radius 2 is 1.85 bits per heavy atom. The first kappa shape index (κ1) is 19.0. The maximum absolute atomic E-state index is 14.0. The third-order valence-corrected chi connectivity index (χ3v) is 6.72. The standard InChI is InChI=1S/C18H18BrFN2O3S/c1-12-4-6-14(26(24,25)22-8-2-3-9-22)11-15(12)18(23)21-17-7-5-13(19)10-16(17)20/h4-7,10-11H,2-3,8-9H2,1H3,(H,21,23). The summed E-state index contributed by atoms with van der Waals surface area (Å²) in [5, 5.41) is 2.50. The molecule has 0 saturated carbocycles. The molecular weight excluding hydrogens is 423 g/mol. The molecule has 0 bridgehead atoms. The number of nitrogens with zero attached hydrogens (tertiary/aromatic N) is 1. The molecule has 1 N–H and O–H groups in total. The Balaban J connectivity index is 1.91. The molecule has 1 amide bonds. The van der Waals surface area contributed by atoms with Crippen LogP contribution in [0.5, 0.6) is 0 Å². The number of amides is 1. The Kier molecular flexibility index (Phi) is 5.45. The van der Waals surface area contributed by atoms with E-state index in [0.717, 1.165) is 12.8 Å². The van der Waals surface area contributed by atoms with Gasteiger partial charge in [-0.1, -0.05) is 22.0 Å². The Morgan fingerprint density at radius 3 is 2.50 bits per heavy atom. The number of aryl methyl sites for hydroxylation is 1. The molecule has 1 fully saturated rings. The van der Waals surface area contributed by atoms with E-state index in [9.17, 15) is 17.6 Å². The number of hydrogen-bond donors (Lipinski definition) is 1. The molecule has 0 atom stereocenters. The van der Waals surface area contributed by atoms with Crippen LogP contribution < -0.4 is 5.32 Å². The summed E-state index contributed by atoms with van der Waals surface area (Å²) in [7, 11) is -3.63. The minimum absolute atomic E-state index is 0.0328. The highest BCUT2D eigenvalue weighted by atomic mass is 79.9. The third kappa shape index (κ3) is 3.82. The van der Waals surface area contributed by atoms with Gasteiger partial charge in [-0.15, -0.1) is 0 Å². The van der Waals surface area contributed by atoms with Gasteiger partial charge >= 0.3 is 0 Å². The quantitative estimate of drug-likeness (QED) is 0.782. The normalized spacial score (nSPS) is 15.2. The molecule has 0 aliphatic carbocycles. The molecule has 2 aromatic rings. The van der Waals surface area contributed by atoms with Crippen molar-refractivity contribution < 1.29 is 17.6 Å². The monoisotopic (exact) mass is 440 g/mol. The van der Waals surface area contributed by atoms with Crippen molar-refractivity contribution in [3.63, 3.8) is 0 Å². The van der Waals surface area contributed by atoms with Crippen LogP contribution in [-0.4, -0.2) is 31.7 Å². The predicted octanol–water partition coefficient (Wildman–Crippen LogP) is 3.93. The summed E-state index contributed by atoms with van der Waals surface area (Å²) in [6, 6.07) is 8.75. The van der Waals surface area contributed by atoms with Crippen molar-refractivity contribution >= 4 is 37.5 Å². The van der Waals surface area contributed by atoms with E-state index in [-0.39, 0.29) is 16.1 Å². The summed E-state index contributed by atoms with van der Waals surface area (Å²) in [4.78, 5) is 12.6. The number of nitrogens with one attached hydrogen (secondary N) is 1. The number of halogens is 2. The van der Waals surface area contributed by atoms with Crippen LogP contribution in [0.2, 0.25) is 0 Å². The van der Waals surface area contributed by atoms with E-state index in [1.54, 1.807) is 19.1 Å². The zero-order valence-corrected chi connectivity index (χ0v) is 16.5. The first-order valence-electron chi connectivity index (χ1n) is 8.16. The first-order valence-corrected chi connectivity index (χ1v) is 10.4. The molecular formula is C18H18BrFN2O3S. The van der Waals surface area contributed by atoms with Gasteiger partial charge in [0.15, 0.2) is 0 Å². The molecule has 3 rings (SSSR count). The van der Waals surface area contributed by atoms with Crippen molar-refractivity contribution in [2.45, 2.75) is 24.7 Å². The lowest BCUT2D eigenvalue weighted by atomic mass is 10.1. The summed E-state index contributed by atoms with van der Waals surface area (Å²) < 4.78 is 41.3. The summed E-state index contributed by atoms with van der Waals surface area (Å²) in [6.07, 6.45) is 1.67. The molecule has 1 aliphatic rings. The van der Waals surface area contributed by atoms with Gasteiger partial charge in [0.25, 0.3) is 5.91 Å². The lowest BCUT2D eigenvalue weighted by molar-refractivity contribution is 0.102. The van der Waals surface area contributed by atoms with Gasteiger partial charge in [0.05, 0.1) is 10.6 Å². The van der Waals surface area contributed by atoms with Gasteiger partial charge in [-0.2, -0.15) is 4.31 Å². The number of sulfonamides is 1. The Morgan fingerprint density at radius 1 is 1.15 bits per heavy atom. The van der Waals surface area contributed by atoms with Gasteiger partial charge in [0, 0.05) is 23.1 Å². The highest BCUT2D eigenvalue weighted by Crippen LogP contribution is 2.24. The molecule has 5 nitrogen and oxygen atoms in total. The van der Waals surface area contributed by atoms with Crippen LogP contribution in [0.1, 0.15) is 28.8 Å². The predicted molar refractivity (Wildman–Crippen MR) is 101 cm³/mol. The molecule has 1 heterocycles. The number of carbonyl (C=O) groups excluding carboxylic acids is 1. The van der Waals surface area contributed by atoms with Gasteiger partial charge in [0.2, 0.25) is 10.0 Å². The Labute approximate surface area is 160 Å². The highest BCUT2D eigenvalue weighted by Gasteiger charge is 2.28. The highest BCUT2D eigenvalue weighted by molar-refractivity contribution is 9.10. The molecule has 0 radical (unpaired) electrons. The topological polar surface area (TPSA) is 66.5 Å². The molecule has 2 aromatic carbocycles. The zero-order chi connectivity index (χ0) is 18.9. The number of anilines is 1. The van der Waals surface area contributed by atoms with Gasteiger partial charge in [-0.05, 0) is 55.7 Å². The number of carbonyl (C=O) groups is 1. The van der Waals surface area contributed by atoms with E-state index >= 15 is 0 Å². The van der Waals surface area contributed by atoms with Crippen LogP contribution in [0.3, 0.4) is 0 Å². The largest absolute Gasteiger partial charge is 0.319 e. The molecule has 26 heavy (non-hydrogen) atoms. The molecule has 8 heteroatoms. The van der Waals surface area contributed by atoms with E-state index in [0.29, 0.717) is 23.1 Å². The number of benzene rings is 2. The van der Waals surface area contributed by atoms with Crippen LogP contribution in [-0.2, 0) is 10.0 Å². The molecule has 1 saturated heterocycles. The smallest absolute Gasteiger partial charge is 0.256 e. The van der Waals surface area contributed by atoms with Gasteiger partial charge in [-0.25, -0.2) is 12.8 Å². The second kappa shape index (κ2) is 7.46. The fraction of sp³-hybridized carbons (Fsp3) is 0.278. The molecule has 138 valence electrons. The van der Waals surface area contributed by atoms with E-state index in [2.05, 4.69) is 21.2 Å². The maximum atomic E-state index is 14.0. The van der Waals surface area contributed by atoms with Crippen LogP contribution in [0, 0.1) is 12.7 Å². The van der Waals surface area contributed by atoms with Crippen molar-refractivity contribution in [1.29, 1.82) is 0 Å². The van der Waals surface area contributed by atoms with Gasteiger partial charge < -0.3 is 5.32 Å². The van der Waals surface area contributed by atoms with Crippen LogP contribution in [0.4, 0.5) is 10.1 Å². The fourth-order valence-electron chi connectivity index (χ4n) is 2.86. The van der Waals surface area contributed by atoms with Gasteiger partial charge in [-0.3, -0.25) is 4.79 Å². The third-order valence-electron chi connectivity index (χ3n) is 4.34. The fourth-order valence-corrected chi connectivity index (χ4v) is 4.74. The van der Waals surface area contributed by atoms with E-state index < -0.39 is 21.7 Å². The zero-order valence-electron chi connectivity index (χ0n) is 14.1. The average molecular weight is 441 g/mol. The van der Waals surface area contributed by atoms with Crippen molar-refractivity contribution in [3.05, 3.63) is 57.8 Å². The number of hydrogen-bond acceptors (Lipinski definition) is 3. The van der Waals surface area contributed by atoms with Crippen molar-refractivity contribution in [3.8, 4) is 0 Å². The Hall–Kier alpha value is -1.77. The second-order valence-electron chi connectivity index (χ2n) is 6.17. The molecule has 0 aromatic heterocycles. The van der Waals surface area contributed by atoms with Crippen LogP contribution in [0.15, 0.2) is 45.8 Å². The van der Waals surface area contributed by atoms with E-state index in [1.807, 2.05) is 0 Å². The van der Waals surface area contributed by atoms with Crippen molar-refractivity contribution in [2.24, 2.45) is 0 Å². The van der Waals surface area contributed by atoms with Crippen LogP contribution >= 0.6 is 15.9 Å². The van der Waals surface area contributed by atoms with Crippen LogP contribution in [0.25, 0.3) is 0 Å². The van der Waals surface area contributed by atoms with Crippen molar-refractivity contribution in [2.75, 3.05) is 18.4 Å². The number of rotatable bonds is 4. The second-order valence-corrected chi connectivity index (χ2v) is 9.02. The lowest BCUT2D eigenvalue weighted by Crippen LogP contribution is -2.28. The molecule has 1 aliphatic heterocycles. The van der Waals surface area contributed by atoms with Crippen molar-refractivity contribution in [1.82, 2.24) is 4.31 Å².